The molecule has 0 spiro atoms. The Balaban J connectivity index is 5.01. The molecule has 20 heavy (non-hydrogen) atoms. The number of nitrogens with zero attached hydrogens (tertiary/aromatic N) is 2. The lowest BCUT2D eigenvalue weighted by Crippen LogP contribution is -2.45. The van der Waals surface area contributed by atoms with Gasteiger partial charge in [-0.3, -0.25) is 0 Å². The highest BCUT2D eigenvalue weighted by atomic mass is 15.3. The number of allylic oxidation sites excluding steroid dienone is 3. The topological polar surface area (TPSA) is 27.6 Å². The van der Waals surface area contributed by atoms with Crippen LogP contribution in [0.5, 0.6) is 0 Å². The molecule has 0 radical (unpaired) electrons. The number of nitrogens with one attached hydrogen (secondary N) is 1. The van der Waals surface area contributed by atoms with E-state index in [9.17, 15) is 0 Å². The monoisotopic (exact) mass is 275 g/mol. The van der Waals surface area contributed by atoms with Crippen LogP contribution in [0.4, 0.5) is 0 Å². The Bertz CT molecular complexity index is 384. The van der Waals surface area contributed by atoms with Crippen molar-refractivity contribution in [2.75, 3.05) is 6.54 Å². The number of guanidine groups is 1. The van der Waals surface area contributed by atoms with Gasteiger partial charge in [-0.25, -0.2) is 0 Å². The van der Waals surface area contributed by atoms with E-state index in [1.165, 1.54) is 12.8 Å². The lowest BCUT2D eigenvalue weighted by atomic mass is 10.2. The molecule has 0 aliphatic heterocycles. The van der Waals surface area contributed by atoms with E-state index >= 15 is 0 Å². The minimum absolute atomic E-state index is 0.357. The molecule has 112 valence electrons. The van der Waals surface area contributed by atoms with Gasteiger partial charge in [-0.1, -0.05) is 38.3 Å². The van der Waals surface area contributed by atoms with Crippen molar-refractivity contribution in [2.45, 2.75) is 59.9 Å². The minimum atomic E-state index is 0.357. The predicted octanol–water partition coefficient (Wildman–Crippen LogP) is 3.90. The molecular weight excluding hydrogens is 246 g/mol. The van der Waals surface area contributed by atoms with E-state index in [2.05, 4.69) is 42.0 Å². The first-order valence-electron chi connectivity index (χ1n) is 7.46. The molecule has 3 heteroatoms. The summed E-state index contributed by atoms with van der Waals surface area (Å²) in [5, 5.41) is 3.32. The summed E-state index contributed by atoms with van der Waals surface area (Å²) in [7, 11) is 0. The van der Waals surface area contributed by atoms with Crippen LogP contribution in [0.3, 0.4) is 0 Å². The van der Waals surface area contributed by atoms with Crippen molar-refractivity contribution in [3.05, 3.63) is 23.9 Å². The molecule has 0 bridgehead atoms. The van der Waals surface area contributed by atoms with Crippen molar-refractivity contribution in [1.82, 2.24) is 10.2 Å². The average molecular weight is 275 g/mol. The third-order valence-electron chi connectivity index (χ3n) is 2.98. The van der Waals surface area contributed by atoms with Crippen LogP contribution in [0.1, 0.15) is 53.9 Å². The molecule has 0 heterocycles. The molecular formula is C17H29N3. The summed E-state index contributed by atoms with van der Waals surface area (Å²) in [5.74, 6) is 0.754. The van der Waals surface area contributed by atoms with Gasteiger partial charge in [0.25, 0.3) is 0 Å². The normalized spacial score (nSPS) is 12.8. The number of aliphatic imine (C=N–C) groups is 1. The lowest BCUT2D eigenvalue weighted by Gasteiger charge is -2.30. The molecule has 0 rings (SSSR count). The second kappa shape index (κ2) is 11.2. The zero-order valence-electron chi connectivity index (χ0n) is 13.6. The van der Waals surface area contributed by atoms with Crippen LogP contribution >= 0.6 is 0 Å². The highest BCUT2D eigenvalue weighted by Gasteiger charge is 2.14. The van der Waals surface area contributed by atoms with Crippen molar-refractivity contribution in [2.24, 2.45) is 4.99 Å². The Morgan fingerprint density at radius 3 is 2.50 bits per heavy atom. The fraction of sp³-hybridized carbons (Fsp3) is 0.588. The predicted molar refractivity (Wildman–Crippen MR) is 89.3 cm³/mol. The summed E-state index contributed by atoms with van der Waals surface area (Å²) in [6, 6.07) is 2.75. The lowest BCUT2D eigenvalue weighted by molar-refractivity contribution is 0.332. The molecule has 0 atom stereocenters. The second-order valence-corrected chi connectivity index (χ2v) is 4.93. The molecule has 0 unspecified atom stereocenters. The van der Waals surface area contributed by atoms with Gasteiger partial charge in [-0.2, -0.15) is 4.99 Å². The number of hydrogen-bond acceptors (Lipinski definition) is 1. The van der Waals surface area contributed by atoms with E-state index in [-0.39, 0.29) is 0 Å². The second-order valence-electron chi connectivity index (χ2n) is 4.93. The third-order valence-corrected chi connectivity index (χ3v) is 2.98. The summed E-state index contributed by atoms with van der Waals surface area (Å²) in [6.07, 6.45) is 15.0. The van der Waals surface area contributed by atoms with Crippen molar-refractivity contribution in [3.63, 3.8) is 0 Å². The maximum atomic E-state index is 5.37. The smallest absolute Gasteiger partial charge is 0.212 e. The van der Waals surface area contributed by atoms with Gasteiger partial charge in [0.05, 0.1) is 0 Å². The first-order valence-corrected chi connectivity index (χ1v) is 7.46. The molecule has 0 saturated carbocycles. The Morgan fingerprint density at radius 2 is 2.05 bits per heavy atom. The summed E-state index contributed by atoms with van der Waals surface area (Å²) in [4.78, 5) is 6.40. The highest BCUT2D eigenvalue weighted by molar-refractivity contribution is 5.83. The van der Waals surface area contributed by atoms with Gasteiger partial charge in [0.15, 0.2) is 0 Å². The summed E-state index contributed by atoms with van der Waals surface area (Å²) in [5.41, 5.74) is 1.00. The molecule has 3 nitrogen and oxygen atoms in total. The van der Waals surface area contributed by atoms with Crippen LogP contribution < -0.4 is 5.32 Å². The number of terminal acetylenes is 1. The van der Waals surface area contributed by atoms with Gasteiger partial charge in [-0.05, 0) is 40.2 Å². The van der Waals surface area contributed by atoms with E-state index < -0.39 is 0 Å². The quantitative estimate of drug-likeness (QED) is 0.251. The zero-order chi connectivity index (χ0) is 15.4. The average Bonchev–Trinajstić information content (AvgIpc) is 2.42. The maximum Gasteiger partial charge on any atom is 0.212 e. The van der Waals surface area contributed by atoms with Crippen LogP contribution in [0.15, 0.2) is 28.9 Å². The number of hydrogen-bond donors (Lipinski definition) is 1. The molecule has 0 aliphatic rings. The van der Waals surface area contributed by atoms with Crippen LogP contribution in [0.2, 0.25) is 0 Å². The molecule has 0 aromatic heterocycles. The summed E-state index contributed by atoms with van der Waals surface area (Å²) >= 11 is 0. The van der Waals surface area contributed by atoms with Crippen molar-refractivity contribution in [3.8, 4) is 12.5 Å². The largest absolute Gasteiger partial charge is 0.339 e. The van der Waals surface area contributed by atoms with Crippen molar-refractivity contribution < 1.29 is 0 Å². The minimum Gasteiger partial charge on any atom is -0.339 e. The fourth-order valence-corrected chi connectivity index (χ4v) is 1.88. The maximum absolute atomic E-state index is 5.37. The molecule has 0 saturated heterocycles. The van der Waals surface area contributed by atoms with Crippen molar-refractivity contribution in [1.29, 1.82) is 0 Å². The van der Waals surface area contributed by atoms with Gasteiger partial charge in [0.1, 0.15) is 0 Å². The zero-order valence-corrected chi connectivity index (χ0v) is 13.6. The number of unbranched alkanes of at least 4 members (excludes halogenated alkanes) is 2. The van der Waals surface area contributed by atoms with Crippen LogP contribution in [0.25, 0.3) is 0 Å². The third kappa shape index (κ3) is 7.04. The van der Waals surface area contributed by atoms with E-state index in [4.69, 9.17) is 6.42 Å². The SMILES string of the molecule is C#CN=C(NC(/C=C\C)=C/C)N(CCCCC)C(C)C. The van der Waals surface area contributed by atoms with Gasteiger partial charge in [0.2, 0.25) is 5.96 Å². The molecule has 0 aromatic rings. The molecule has 0 aromatic carbocycles. The molecule has 0 amide bonds. The van der Waals surface area contributed by atoms with Crippen molar-refractivity contribution >= 4 is 5.96 Å². The van der Waals surface area contributed by atoms with Crippen LogP contribution in [0, 0.1) is 12.5 Å². The fourth-order valence-electron chi connectivity index (χ4n) is 1.88. The van der Waals surface area contributed by atoms with E-state index in [1.807, 2.05) is 32.1 Å². The molecule has 0 aliphatic carbocycles. The standard InChI is InChI=1S/C17H29N3/c1-7-11-12-14-20(15(5)6)17(18-10-4)19-16(9-3)13-8-2/h4,8-9,13,15H,7,11-12,14H2,1-3,5-6H3,(H,18,19)/b13-8-,16-9+. The first-order chi connectivity index (χ1) is 9.60. The van der Waals surface area contributed by atoms with E-state index in [0.717, 1.165) is 24.6 Å². The van der Waals surface area contributed by atoms with Crippen LogP contribution in [-0.4, -0.2) is 23.4 Å². The Labute approximate surface area is 124 Å². The molecule has 1 N–H and O–H groups in total. The van der Waals surface area contributed by atoms with E-state index in [0.29, 0.717) is 6.04 Å². The molecule has 0 fully saturated rings. The van der Waals surface area contributed by atoms with Gasteiger partial charge in [-0.15, -0.1) is 0 Å². The van der Waals surface area contributed by atoms with Crippen LogP contribution in [-0.2, 0) is 0 Å². The first kappa shape index (κ1) is 18.3. The summed E-state index contributed by atoms with van der Waals surface area (Å²) < 4.78 is 0. The number of rotatable bonds is 7. The van der Waals surface area contributed by atoms with Gasteiger partial charge in [0, 0.05) is 24.3 Å². The highest BCUT2D eigenvalue weighted by Crippen LogP contribution is 2.06. The Kier molecular flexibility index (Phi) is 10.2. The summed E-state index contributed by atoms with van der Waals surface area (Å²) in [6.45, 7) is 11.5. The Morgan fingerprint density at radius 1 is 1.35 bits per heavy atom. The van der Waals surface area contributed by atoms with Gasteiger partial charge < -0.3 is 10.2 Å². The van der Waals surface area contributed by atoms with E-state index in [1.54, 1.807) is 0 Å². The Hall–Kier alpha value is -1.69. The van der Waals surface area contributed by atoms with Gasteiger partial charge >= 0.3 is 0 Å².